The molecule has 2 nitrogen and oxygen atoms in total. The lowest BCUT2D eigenvalue weighted by atomic mass is 10.1. The molecule has 0 amide bonds. The zero-order valence-electron chi connectivity index (χ0n) is 10.3. The molecular weight excluding hydrogens is 230 g/mol. The lowest BCUT2D eigenvalue weighted by Crippen LogP contribution is -1.96. The molecule has 2 rings (SSSR count). The quantitative estimate of drug-likeness (QED) is 0.827. The molecule has 1 heterocycles. The van der Waals surface area contributed by atoms with Gasteiger partial charge in [0.15, 0.2) is 0 Å². The number of nitrogens with zero attached hydrogens (tertiary/aromatic N) is 1. The number of aryl methyl sites for hydroxylation is 2. The van der Waals surface area contributed by atoms with Gasteiger partial charge in [0, 0.05) is 17.4 Å². The highest BCUT2D eigenvalue weighted by Crippen LogP contribution is 2.27. The Labute approximate surface area is 105 Å². The van der Waals surface area contributed by atoms with Crippen LogP contribution in [0.5, 0.6) is 0 Å². The number of ketones is 1. The van der Waals surface area contributed by atoms with Gasteiger partial charge in [0.2, 0.25) is 0 Å². The van der Waals surface area contributed by atoms with Gasteiger partial charge in [-0.3, -0.25) is 4.79 Å². The summed E-state index contributed by atoms with van der Waals surface area (Å²) in [7, 11) is 0. The van der Waals surface area contributed by atoms with Crippen LogP contribution in [-0.4, -0.2) is 10.8 Å². The molecule has 0 fully saturated rings. The summed E-state index contributed by atoms with van der Waals surface area (Å²) in [6.45, 7) is 5.75. The molecule has 0 unspecified atom stereocenters. The van der Waals surface area contributed by atoms with Crippen LogP contribution in [0.1, 0.15) is 23.7 Å². The normalized spacial score (nSPS) is 10.5. The topological polar surface area (TPSA) is 30.0 Å². The number of aromatic nitrogens is 1. The van der Waals surface area contributed by atoms with Gasteiger partial charge < -0.3 is 0 Å². The molecule has 0 saturated heterocycles. The van der Waals surface area contributed by atoms with E-state index in [1.165, 1.54) is 16.7 Å². The molecule has 0 saturated carbocycles. The van der Waals surface area contributed by atoms with Gasteiger partial charge >= 0.3 is 0 Å². The number of hydrogen-bond acceptors (Lipinski definition) is 3. The fourth-order valence-corrected chi connectivity index (χ4v) is 2.63. The highest BCUT2D eigenvalue weighted by atomic mass is 32.1. The Balaban J connectivity index is 2.36. The minimum absolute atomic E-state index is 0.155. The zero-order chi connectivity index (χ0) is 12.4. The Morgan fingerprint density at radius 1 is 1.35 bits per heavy atom. The first-order chi connectivity index (χ1) is 8.06. The first-order valence-corrected chi connectivity index (χ1v) is 6.45. The molecule has 3 heteroatoms. The van der Waals surface area contributed by atoms with Crippen LogP contribution in [-0.2, 0) is 11.2 Å². The number of hydrogen-bond donors (Lipinski definition) is 0. The van der Waals surface area contributed by atoms with E-state index in [4.69, 9.17) is 0 Å². The third kappa shape index (κ3) is 2.80. The van der Waals surface area contributed by atoms with Crippen LogP contribution >= 0.6 is 11.3 Å². The van der Waals surface area contributed by atoms with E-state index in [1.807, 2.05) is 5.38 Å². The van der Waals surface area contributed by atoms with Crippen LogP contribution in [0.2, 0.25) is 0 Å². The summed E-state index contributed by atoms with van der Waals surface area (Å²) in [5.41, 5.74) is 4.50. The van der Waals surface area contributed by atoms with Crippen molar-refractivity contribution in [3.63, 3.8) is 0 Å². The minimum atomic E-state index is 0.155. The largest absolute Gasteiger partial charge is 0.300 e. The Hall–Kier alpha value is -1.48. The highest BCUT2D eigenvalue weighted by molar-refractivity contribution is 7.13. The molecule has 2 aromatic rings. The maximum absolute atomic E-state index is 11.0. The summed E-state index contributed by atoms with van der Waals surface area (Å²) in [6.07, 6.45) is 0.432. The number of Topliss-reactive ketones (excluding diaryl/α,β-unsaturated/α-hetero) is 1. The fraction of sp³-hybridized carbons (Fsp3) is 0.286. The molecule has 0 aliphatic heterocycles. The lowest BCUT2D eigenvalue weighted by Gasteiger charge is -2.03. The van der Waals surface area contributed by atoms with Crippen molar-refractivity contribution in [3.8, 4) is 10.6 Å². The van der Waals surface area contributed by atoms with E-state index in [2.05, 4.69) is 37.0 Å². The lowest BCUT2D eigenvalue weighted by molar-refractivity contribution is -0.116. The summed E-state index contributed by atoms with van der Waals surface area (Å²) in [5.74, 6) is 0.155. The second-order valence-corrected chi connectivity index (χ2v) is 5.20. The van der Waals surface area contributed by atoms with E-state index >= 15 is 0 Å². The van der Waals surface area contributed by atoms with Gasteiger partial charge in [-0.05, 0) is 32.4 Å². The Morgan fingerprint density at radius 3 is 2.82 bits per heavy atom. The monoisotopic (exact) mass is 245 g/mol. The maximum Gasteiger partial charge on any atom is 0.135 e. The SMILES string of the molecule is CC(=O)Cc1csc(-c2cc(C)ccc2C)n1. The van der Waals surface area contributed by atoms with E-state index in [9.17, 15) is 4.79 Å². The molecule has 0 aliphatic carbocycles. The highest BCUT2D eigenvalue weighted by Gasteiger charge is 2.08. The summed E-state index contributed by atoms with van der Waals surface area (Å²) in [5, 5.41) is 2.97. The number of carbonyl (C=O) groups excluding carboxylic acids is 1. The maximum atomic E-state index is 11.0. The van der Waals surface area contributed by atoms with Crippen molar-refractivity contribution in [2.45, 2.75) is 27.2 Å². The van der Waals surface area contributed by atoms with E-state index in [1.54, 1.807) is 18.3 Å². The van der Waals surface area contributed by atoms with E-state index in [0.29, 0.717) is 6.42 Å². The van der Waals surface area contributed by atoms with Crippen molar-refractivity contribution in [3.05, 3.63) is 40.4 Å². The molecule has 88 valence electrons. The average Bonchev–Trinajstić information content (AvgIpc) is 2.69. The van der Waals surface area contributed by atoms with Crippen molar-refractivity contribution in [2.24, 2.45) is 0 Å². The van der Waals surface area contributed by atoms with Gasteiger partial charge in [-0.1, -0.05) is 17.7 Å². The Kier molecular flexibility index (Phi) is 3.38. The molecule has 0 bridgehead atoms. The second-order valence-electron chi connectivity index (χ2n) is 4.34. The van der Waals surface area contributed by atoms with Crippen LogP contribution in [0.3, 0.4) is 0 Å². The summed E-state index contributed by atoms with van der Waals surface area (Å²) < 4.78 is 0. The van der Waals surface area contributed by atoms with Gasteiger partial charge in [0.1, 0.15) is 10.8 Å². The standard InChI is InChI=1S/C14H15NOS/c1-9-4-5-10(2)13(6-9)14-15-12(8-17-14)7-11(3)16/h4-6,8H,7H2,1-3H3. The number of carbonyl (C=O) groups is 1. The summed E-state index contributed by atoms with van der Waals surface area (Å²) in [6, 6.07) is 6.35. The van der Waals surface area contributed by atoms with Crippen molar-refractivity contribution >= 4 is 17.1 Å². The summed E-state index contributed by atoms with van der Waals surface area (Å²) >= 11 is 1.60. The predicted octanol–water partition coefficient (Wildman–Crippen LogP) is 3.56. The van der Waals surface area contributed by atoms with Gasteiger partial charge in [0.05, 0.1) is 5.69 Å². The smallest absolute Gasteiger partial charge is 0.135 e. The molecule has 0 N–H and O–H groups in total. The van der Waals surface area contributed by atoms with E-state index in [-0.39, 0.29) is 5.78 Å². The second kappa shape index (κ2) is 4.80. The predicted molar refractivity (Wildman–Crippen MR) is 71.4 cm³/mol. The van der Waals surface area contributed by atoms with Crippen LogP contribution in [0, 0.1) is 13.8 Å². The fourth-order valence-electron chi connectivity index (χ4n) is 1.73. The average molecular weight is 245 g/mol. The molecule has 1 aromatic heterocycles. The minimum Gasteiger partial charge on any atom is -0.300 e. The summed E-state index contributed by atoms with van der Waals surface area (Å²) in [4.78, 5) is 15.6. The van der Waals surface area contributed by atoms with Crippen LogP contribution in [0.25, 0.3) is 10.6 Å². The van der Waals surface area contributed by atoms with Crippen molar-refractivity contribution in [1.82, 2.24) is 4.98 Å². The van der Waals surface area contributed by atoms with Crippen molar-refractivity contribution in [1.29, 1.82) is 0 Å². The Morgan fingerprint density at radius 2 is 2.12 bits per heavy atom. The molecule has 17 heavy (non-hydrogen) atoms. The number of rotatable bonds is 3. The van der Waals surface area contributed by atoms with Crippen LogP contribution in [0.15, 0.2) is 23.6 Å². The van der Waals surface area contributed by atoms with E-state index < -0.39 is 0 Å². The van der Waals surface area contributed by atoms with Crippen LogP contribution < -0.4 is 0 Å². The molecule has 1 aromatic carbocycles. The van der Waals surface area contributed by atoms with E-state index in [0.717, 1.165) is 10.7 Å². The third-order valence-electron chi connectivity index (χ3n) is 2.61. The molecule has 0 atom stereocenters. The van der Waals surface area contributed by atoms with Crippen molar-refractivity contribution in [2.75, 3.05) is 0 Å². The first kappa shape index (κ1) is 12.0. The first-order valence-electron chi connectivity index (χ1n) is 5.57. The van der Waals surface area contributed by atoms with Gasteiger partial charge in [-0.15, -0.1) is 11.3 Å². The third-order valence-corrected chi connectivity index (χ3v) is 3.53. The molecule has 0 spiro atoms. The van der Waals surface area contributed by atoms with Crippen molar-refractivity contribution < 1.29 is 4.79 Å². The zero-order valence-corrected chi connectivity index (χ0v) is 11.1. The molecular formula is C14H15NOS. The van der Waals surface area contributed by atoms with Gasteiger partial charge in [-0.2, -0.15) is 0 Å². The molecule has 0 aliphatic rings. The van der Waals surface area contributed by atoms with Gasteiger partial charge in [-0.25, -0.2) is 4.98 Å². The van der Waals surface area contributed by atoms with Crippen LogP contribution in [0.4, 0.5) is 0 Å². The Bertz CT molecular complexity index is 557. The van der Waals surface area contributed by atoms with Gasteiger partial charge in [0.25, 0.3) is 0 Å². The number of benzene rings is 1. The molecule has 0 radical (unpaired) electrons. The number of thiazole rings is 1.